The van der Waals surface area contributed by atoms with Gasteiger partial charge in [-0.3, -0.25) is 0 Å². The van der Waals surface area contributed by atoms with E-state index in [1.807, 2.05) is 13.8 Å². The summed E-state index contributed by atoms with van der Waals surface area (Å²) in [5.41, 5.74) is 0. The molecule has 0 aromatic carbocycles. The quantitative estimate of drug-likeness (QED) is 0.363. The molecule has 0 rings (SSSR count). The van der Waals surface area contributed by atoms with Gasteiger partial charge in [-0.15, -0.1) is 0 Å². The first-order valence-electron chi connectivity index (χ1n) is 2.04. The fourth-order valence-corrected chi connectivity index (χ4v) is 0.283. The van der Waals surface area contributed by atoms with Crippen LogP contribution in [0.15, 0.2) is 0 Å². The van der Waals surface area contributed by atoms with Gasteiger partial charge in [-0.1, -0.05) is 0 Å². The van der Waals surface area contributed by atoms with Gasteiger partial charge in [0, 0.05) is 0 Å². The van der Waals surface area contributed by atoms with E-state index >= 15 is 0 Å². The Bertz CT molecular complexity index is 90.7. The second kappa shape index (κ2) is 2.51. The average molecular weight is 210 g/mol. The summed E-state index contributed by atoms with van der Waals surface area (Å²) in [6, 6.07) is 2.24. The summed E-state index contributed by atoms with van der Waals surface area (Å²) in [7, 11) is 0. The number of halogens is 1. The zero-order valence-corrected chi connectivity index (χ0v) is 6.98. The Labute approximate surface area is 55.0 Å². The molecule has 0 bridgehead atoms. The molecule has 7 heavy (non-hydrogen) atoms. The van der Waals surface area contributed by atoms with E-state index in [0.717, 1.165) is 0 Å². The van der Waals surface area contributed by atoms with Crippen LogP contribution in [-0.4, -0.2) is 8.35 Å². The third kappa shape index (κ3) is 2.86. The zero-order chi connectivity index (χ0) is 5.91. The van der Waals surface area contributed by atoms with E-state index < -0.39 is 0 Å². The molecule has 0 N–H and O–H groups in total. The molecule has 0 aliphatic carbocycles. The molecule has 0 aromatic heterocycles. The Balaban J connectivity index is 3.66. The van der Waals surface area contributed by atoms with E-state index in [9.17, 15) is 0 Å². The molecular formula is C5H9IN-. The van der Waals surface area contributed by atoms with E-state index in [1.54, 1.807) is 0 Å². The van der Waals surface area contributed by atoms with Gasteiger partial charge < -0.3 is 0 Å². The van der Waals surface area contributed by atoms with Crippen LogP contribution < -0.4 is 21.2 Å². The van der Waals surface area contributed by atoms with Crippen molar-refractivity contribution in [2.24, 2.45) is 0 Å². The van der Waals surface area contributed by atoms with Gasteiger partial charge in [0.25, 0.3) is 0 Å². The summed E-state index contributed by atoms with van der Waals surface area (Å²) in [6.07, 6.45) is 0. The second-order valence-electron chi connectivity index (χ2n) is 1.77. The first kappa shape index (κ1) is 7.22. The van der Waals surface area contributed by atoms with Gasteiger partial charge in [0.05, 0.1) is 0 Å². The predicted molar refractivity (Wildman–Crippen MR) is 25.6 cm³/mol. The number of hydrogen-bond donors (Lipinski definition) is 0. The summed E-state index contributed by atoms with van der Waals surface area (Å²) >= 11 is 0.0999. The van der Waals surface area contributed by atoms with Crippen molar-refractivity contribution in [2.45, 2.75) is 17.3 Å². The molecule has 0 fully saturated rings. The summed E-state index contributed by atoms with van der Waals surface area (Å²) in [5.74, 6) is 0. The monoisotopic (exact) mass is 210 g/mol. The van der Waals surface area contributed by atoms with Crippen molar-refractivity contribution in [3.63, 3.8) is 0 Å². The standard InChI is InChI=1S/C5H9IN/c1-5(2,4-7)6-3/h1-3H3/q-1. The Morgan fingerprint density at radius 1 is 1.57 bits per heavy atom. The van der Waals surface area contributed by atoms with Crippen LogP contribution in [0.4, 0.5) is 0 Å². The molecule has 0 aromatic rings. The third-order valence-corrected chi connectivity index (χ3v) is 3.68. The van der Waals surface area contributed by atoms with E-state index in [4.69, 9.17) is 5.26 Å². The van der Waals surface area contributed by atoms with E-state index in [-0.39, 0.29) is 24.6 Å². The fourth-order valence-electron chi connectivity index (χ4n) is 0.0423. The molecule has 0 aliphatic heterocycles. The summed E-state index contributed by atoms with van der Waals surface area (Å²) in [6.45, 7) is 3.97. The van der Waals surface area contributed by atoms with Crippen LogP contribution in [-0.2, 0) is 0 Å². The van der Waals surface area contributed by atoms with Gasteiger partial charge >= 0.3 is 54.7 Å². The Morgan fingerprint density at radius 2 is 2.00 bits per heavy atom. The third-order valence-electron chi connectivity index (χ3n) is 0.738. The summed E-state index contributed by atoms with van der Waals surface area (Å²) in [4.78, 5) is 2.13. The van der Waals surface area contributed by atoms with Crippen molar-refractivity contribution in [3.8, 4) is 6.07 Å². The van der Waals surface area contributed by atoms with Gasteiger partial charge in [-0.25, -0.2) is 0 Å². The molecule has 0 saturated heterocycles. The number of nitrogens with zero attached hydrogens (tertiary/aromatic N) is 1. The molecule has 0 radical (unpaired) electrons. The van der Waals surface area contributed by atoms with Gasteiger partial charge in [0.2, 0.25) is 0 Å². The van der Waals surface area contributed by atoms with Crippen LogP contribution in [0.25, 0.3) is 0 Å². The molecule has 0 atom stereocenters. The molecule has 42 valence electrons. The van der Waals surface area contributed by atoms with Gasteiger partial charge in [-0.2, -0.15) is 0 Å². The van der Waals surface area contributed by atoms with Crippen LogP contribution in [0.3, 0.4) is 0 Å². The topological polar surface area (TPSA) is 23.8 Å². The summed E-state index contributed by atoms with van der Waals surface area (Å²) < 4.78 is -0.00111. The maximum atomic E-state index is 8.37. The van der Waals surface area contributed by atoms with Gasteiger partial charge in [0.1, 0.15) is 0 Å². The molecule has 1 nitrogen and oxygen atoms in total. The Morgan fingerprint density at radius 3 is 2.00 bits per heavy atom. The van der Waals surface area contributed by atoms with Crippen LogP contribution in [0.1, 0.15) is 13.8 Å². The van der Waals surface area contributed by atoms with Crippen molar-refractivity contribution < 1.29 is 21.2 Å². The fraction of sp³-hybridized carbons (Fsp3) is 0.800. The SMILES string of the molecule is C[I-]C(C)(C)C#N. The zero-order valence-electron chi connectivity index (χ0n) is 4.83. The van der Waals surface area contributed by atoms with E-state index in [1.165, 1.54) is 0 Å². The number of hydrogen-bond acceptors (Lipinski definition) is 1. The second-order valence-corrected chi connectivity index (χ2v) is 5.55. The molecule has 0 amide bonds. The normalized spacial score (nSPS) is 11.1. The van der Waals surface area contributed by atoms with E-state index in [0.29, 0.717) is 0 Å². The molecular weight excluding hydrogens is 201 g/mol. The molecule has 0 spiro atoms. The molecule has 0 saturated carbocycles. The minimum absolute atomic E-state index is 0.00111. The first-order valence-corrected chi connectivity index (χ1v) is 5.28. The van der Waals surface area contributed by atoms with Crippen molar-refractivity contribution in [1.29, 1.82) is 5.26 Å². The van der Waals surface area contributed by atoms with Crippen molar-refractivity contribution in [3.05, 3.63) is 0 Å². The van der Waals surface area contributed by atoms with Crippen LogP contribution in [0.5, 0.6) is 0 Å². The number of alkyl halides is 2. The predicted octanol–water partition coefficient (Wildman–Crippen LogP) is -1.99. The molecule has 2 heteroatoms. The van der Waals surface area contributed by atoms with E-state index in [2.05, 4.69) is 11.0 Å². The number of rotatable bonds is 1. The Kier molecular flexibility index (Phi) is 2.59. The van der Waals surface area contributed by atoms with Crippen LogP contribution in [0, 0.1) is 11.3 Å². The molecule has 0 unspecified atom stereocenters. The van der Waals surface area contributed by atoms with Crippen molar-refractivity contribution in [2.75, 3.05) is 4.93 Å². The molecule has 0 heterocycles. The van der Waals surface area contributed by atoms with Crippen molar-refractivity contribution in [1.82, 2.24) is 0 Å². The van der Waals surface area contributed by atoms with Gasteiger partial charge in [0.15, 0.2) is 0 Å². The first-order chi connectivity index (χ1) is 3.12. The average Bonchev–Trinajstić information content (AvgIpc) is 1.68. The van der Waals surface area contributed by atoms with Gasteiger partial charge in [-0.05, 0) is 0 Å². The molecule has 0 aliphatic rings. The van der Waals surface area contributed by atoms with Crippen LogP contribution >= 0.6 is 0 Å². The summed E-state index contributed by atoms with van der Waals surface area (Å²) in [5, 5.41) is 8.37. The maximum absolute atomic E-state index is 8.37. The number of nitriles is 1. The minimum atomic E-state index is -0.00111. The van der Waals surface area contributed by atoms with Crippen molar-refractivity contribution >= 4 is 0 Å². The van der Waals surface area contributed by atoms with Crippen LogP contribution in [0.2, 0.25) is 0 Å². The Hall–Kier alpha value is 0.220.